The van der Waals surface area contributed by atoms with Crippen LogP contribution in [0.15, 0.2) is 210 Å². The number of nitriles is 1. The first-order valence-electron chi connectivity index (χ1n) is 23.1. The fourth-order valence-electron chi connectivity index (χ4n) is 11.7. The molecule has 0 N–H and O–H groups in total. The minimum Gasteiger partial charge on any atom is -0.457 e. The molecule has 0 amide bonds. The van der Waals surface area contributed by atoms with Gasteiger partial charge in [-0.1, -0.05) is 96.7 Å². The molecule has 1 aliphatic carbocycles. The second-order valence-corrected chi connectivity index (χ2v) is 19.0. The maximum absolute atomic E-state index is 9.99. The van der Waals surface area contributed by atoms with E-state index in [2.05, 4.69) is 171 Å². The van der Waals surface area contributed by atoms with Crippen molar-refractivity contribution in [2.24, 2.45) is 0 Å². The molecule has 8 nitrogen and oxygen atoms in total. The molecule has 2 aliphatic heterocycles. The largest absolute Gasteiger partial charge is 0.457 e. The minimum atomic E-state index is -1.01. The van der Waals surface area contributed by atoms with Crippen LogP contribution in [0.1, 0.15) is 27.8 Å². The Bertz CT molecular complexity index is 4340. The van der Waals surface area contributed by atoms with Crippen LogP contribution >= 0.6 is 11.8 Å². The van der Waals surface area contributed by atoms with E-state index in [0.29, 0.717) is 11.3 Å². The third-order valence-electron chi connectivity index (χ3n) is 14.5. The second kappa shape index (κ2) is 14.3. The van der Waals surface area contributed by atoms with Crippen LogP contribution < -0.4 is 9.64 Å². The Labute approximate surface area is 405 Å². The monoisotopic (exact) mass is 911 g/mol. The number of hydrogen-bond acceptors (Lipinski definition) is 6. The Morgan fingerprint density at radius 3 is 1.99 bits per heavy atom. The van der Waals surface area contributed by atoms with Crippen molar-refractivity contribution in [2.45, 2.75) is 15.2 Å². The Morgan fingerprint density at radius 2 is 1.20 bits per heavy atom. The van der Waals surface area contributed by atoms with E-state index in [1.807, 2.05) is 54.9 Å². The van der Waals surface area contributed by atoms with Crippen molar-refractivity contribution in [3.63, 3.8) is 0 Å². The van der Waals surface area contributed by atoms with E-state index < -0.39 is 5.41 Å². The summed E-state index contributed by atoms with van der Waals surface area (Å²) in [5.74, 6) is 1.45. The predicted molar refractivity (Wildman–Crippen MR) is 278 cm³/mol. The lowest BCUT2D eigenvalue weighted by Gasteiger charge is -2.41. The molecule has 324 valence electrons. The number of rotatable bonds is 3. The van der Waals surface area contributed by atoms with Gasteiger partial charge in [-0.2, -0.15) is 5.26 Å². The molecular weight excluding hydrogens is 879 g/mol. The first kappa shape index (κ1) is 38.7. The zero-order chi connectivity index (χ0) is 46.2. The molecule has 4 aromatic heterocycles. The van der Waals surface area contributed by atoms with Gasteiger partial charge in [0.15, 0.2) is 5.69 Å². The molecule has 1 spiro atoms. The summed E-state index contributed by atoms with van der Waals surface area (Å²) in [4.78, 5) is 19.1. The summed E-state index contributed by atoms with van der Waals surface area (Å²) in [6, 6.07) is 67.8. The van der Waals surface area contributed by atoms with Crippen molar-refractivity contribution in [3.05, 3.63) is 240 Å². The molecule has 0 fully saturated rings. The van der Waals surface area contributed by atoms with E-state index in [4.69, 9.17) is 21.3 Å². The van der Waals surface area contributed by atoms with Gasteiger partial charge >= 0.3 is 0 Å². The maximum atomic E-state index is 9.99. The minimum absolute atomic E-state index is 0.588. The number of pyridine rings is 2. The summed E-state index contributed by atoms with van der Waals surface area (Å²) in [6.45, 7) is 7.94. The van der Waals surface area contributed by atoms with Gasteiger partial charge in [0.2, 0.25) is 0 Å². The zero-order valence-corrected chi connectivity index (χ0v) is 37.8. The molecule has 12 aromatic rings. The molecule has 70 heavy (non-hydrogen) atoms. The molecular formula is C61H33N7OS. The van der Waals surface area contributed by atoms with Crippen LogP contribution in [0.5, 0.6) is 11.5 Å². The highest BCUT2D eigenvalue weighted by Gasteiger charge is 2.54. The standard InChI is InChI=1S/C61H33N7OS/c1-63-37-24-28-50-43(31-37)41-13-3-5-16-48(41)68(50)53-19-10-20-54-58(53)61(44-26-25-38(33-55(44)69-54)66-51-17-6-8-21-56(51)70-57-22-9-7-18-52(57)66)45-14-11-29-64-59(45)60-46(61)32-39(35-65-60)67-47-15-4-2-12-40(47)42-30-36(34-62)23-27-49(42)67/h2-33,35H. The molecule has 1 unspecified atom stereocenters. The van der Waals surface area contributed by atoms with Gasteiger partial charge in [-0.3, -0.25) is 9.97 Å². The van der Waals surface area contributed by atoms with E-state index in [1.54, 1.807) is 11.8 Å². The van der Waals surface area contributed by atoms with Crippen LogP contribution in [0.4, 0.5) is 22.7 Å². The number of anilines is 3. The molecule has 0 radical (unpaired) electrons. The average Bonchev–Trinajstić information content (AvgIpc) is 4.03. The van der Waals surface area contributed by atoms with Gasteiger partial charge in [0.1, 0.15) is 11.5 Å². The lowest BCUT2D eigenvalue weighted by atomic mass is 9.65. The van der Waals surface area contributed by atoms with Gasteiger partial charge in [0.05, 0.1) is 86.0 Å². The summed E-state index contributed by atoms with van der Waals surface area (Å²) in [5, 5.41) is 14.1. The summed E-state index contributed by atoms with van der Waals surface area (Å²) < 4.78 is 12.0. The lowest BCUT2D eigenvalue weighted by Crippen LogP contribution is -2.34. The van der Waals surface area contributed by atoms with E-state index in [0.717, 1.165) is 117 Å². The quantitative estimate of drug-likeness (QED) is 0.164. The predicted octanol–water partition coefficient (Wildman–Crippen LogP) is 15.5. The Hall–Kier alpha value is -9.41. The highest BCUT2D eigenvalue weighted by atomic mass is 32.2. The molecule has 15 rings (SSSR count). The third-order valence-corrected chi connectivity index (χ3v) is 15.6. The van der Waals surface area contributed by atoms with Crippen molar-refractivity contribution in [1.82, 2.24) is 19.1 Å². The summed E-state index contributed by atoms with van der Waals surface area (Å²) >= 11 is 1.79. The smallest absolute Gasteiger partial charge is 0.188 e. The van der Waals surface area contributed by atoms with Crippen LogP contribution in [0.3, 0.4) is 0 Å². The molecule has 6 heterocycles. The number of aromatic nitrogens is 4. The Balaban J connectivity index is 1.06. The second-order valence-electron chi connectivity index (χ2n) is 17.9. The molecule has 8 aromatic carbocycles. The number of ether oxygens (including phenoxy) is 1. The first-order valence-corrected chi connectivity index (χ1v) is 23.9. The fraction of sp³-hybridized carbons (Fsp3) is 0.0164. The number of para-hydroxylation sites is 4. The van der Waals surface area contributed by atoms with E-state index >= 15 is 0 Å². The summed E-state index contributed by atoms with van der Waals surface area (Å²) in [5.41, 5.74) is 14.7. The maximum Gasteiger partial charge on any atom is 0.188 e. The van der Waals surface area contributed by atoms with Crippen LogP contribution in [-0.2, 0) is 5.41 Å². The highest BCUT2D eigenvalue weighted by Crippen LogP contribution is 2.64. The Kier molecular flexibility index (Phi) is 7.90. The number of hydrogen-bond donors (Lipinski definition) is 0. The van der Waals surface area contributed by atoms with E-state index in [1.165, 1.54) is 9.79 Å². The van der Waals surface area contributed by atoms with Gasteiger partial charge in [-0.25, -0.2) is 4.85 Å². The van der Waals surface area contributed by atoms with E-state index in [-0.39, 0.29) is 0 Å². The Morgan fingerprint density at radius 1 is 0.529 bits per heavy atom. The van der Waals surface area contributed by atoms with Gasteiger partial charge in [0, 0.05) is 60.6 Å². The van der Waals surface area contributed by atoms with Crippen molar-refractivity contribution in [3.8, 4) is 40.3 Å². The first-order chi connectivity index (χ1) is 34.6. The normalized spacial score (nSPS) is 14.9. The van der Waals surface area contributed by atoms with Crippen LogP contribution in [0.25, 0.3) is 71.2 Å². The van der Waals surface area contributed by atoms with E-state index in [9.17, 15) is 5.26 Å². The molecule has 0 bridgehead atoms. The molecule has 9 heteroatoms. The highest BCUT2D eigenvalue weighted by molar-refractivity contribution is 7.99. The molecule has 0 saturated heterocycles. The van der Waals surface area contributed by atoms with Gasteiger partial charge in [0.25, 0.3) is 0 Å². The SMILES string of the molecule is [C-]#[N+]c1ccc2c(c1)c1ccccc1n2-c1cccc2c1C1(c3ccc(N4c5ccccc5Sc5ccccc54)cc3O2)c2cccnc2-c2ncc(-n3c4ccccc4c4cc(C#N)ccc43)cc21. The van der Waals surface area contributed by atoms with Crippen LogP contribution in [0.2, 0.25) is 0 Å². The zero-order valence-electron chi connectivity index (χ0n) is 37.0. The van der Waals surface area contributed by atoms with Crippen molar-refractivity contribution < 1.29 is 4.74 Å². The number of nitrogens with zero attached hydrogens (tertiary/aromatic N) is 7. The number of fused-ring (bicyclic) bond motifs is 17. The molecule has 0 saturated carbocycles. The summed E-state index contributed by atoms with van der Waals surface area (Å²) in [6.07, 6.45) is 3.82. The topological polar surface area (TPSA) is 76.3 Å². The van der Waals surface area contributed by atoms with Crippen LogP contribution in [0, 0.1) is 17.9 Å². The fourth-order valence-corrected chi connectivity index (χ4v) is 12.8. The average molecular weight is 912 g/mol. The lowest BCUT2D eigenvalue weighted by molar-refractivity contribution is 0.436. The van der Waals surface area contributed by atoms with Crippen molar-refractivity contribution in [2.75, 3.05) is 4.90 Å². The summed E-state index contributed by atoms with van der Waals surface area (Å²) in [7, 11) is 0. The van der Waals surface area contributed by atoms with Gasteiger partial charge < -0.3 is 18.8 Å². The van der Waals surface area contributed by atoms with Crippen molar-refractivity contribution in [1.29, 1.82) is 5.26 Å². The van der Waals surface area contributed by atoms with Gasteiger partial charge in [-0.15, -0.1) is 0 Å². The molecule has 1 atom stereocenters. The third kappa shape index (κ3) is 5.08. The number of benzene rings is 8. The van der Waals surface area contributed by atoms with Crippen molar-refractivity contribution >= 4 is 78.1 Å². The van der Waals surface area contributed by atoms with Crippen LogP contribution in [-0.4, -0.2) is 19.1 Å². The molecule has 3 aliphatic rings. The van der Waals surface area contributed by atoms with Gasteiger partial charge in [-0.05, 0) is 108 Å².